The van der Waals surface area contributed by atoms with E-state index in [4.69, 9.17) is 4.52 Å². The van der Waals surface area contributed by atoms with Gasteiger partial charge in [0.1, 0.15) is 5.69 Å². The number of nitrogens with zero attached hydrogens (tertiary/aromatic N) is 3. The third-order valence-corrected chi connectivity index (χ3v) is 4.78. The van der Waals surface area contributed by atoms with Crippen LogP contribution >= 0.6 is 0 Å². The van der Waals surface area contributed by atoms with Crippen molar-refractivity contribution in [2.24, 2.45) is 0 Å². The molecule has 3 aromatic rings. The minimum atomic E-state index is 0.117. The summed E-state index contributed by atoms with van der Waals surface area (Å²) in [6.45, 7) is 5.95. The van der Waals surface area contributed by atoms with E-state index in [1.165, 1.54) is 5.56 Å². The van der Waals surface area contributed by atoms with E-state index in [1.807, 2.05) is 60.4 Å². The highest BCUT2D eigenvalue weighted by molar-refractivity contribution is 5.94. The Morgan fingerprint density at radius 2 is 1.76 bits per heavy atom. The number of aryl methyl sites for hydroxylation is 1. The Kier molecular flexibility index (Phi) is 4.24. The Balaban J connectivity index is 1.38. The topological polar surface area (TPSA) is 49.6 Å². The van der Waals surface area contributed by atoms with Crippen LogP contribution in [-0.2, 0) is 6.54 Å². The molecule has 1 aliphatic heterocycles. The van der Waals surface area contributed by atoms with Crippen molar-refractivity contribution < 1.29 is 9.32 Å². The monoisotopic (exact) mass is 335 g/mol. The molecule has 1 aromatic heterocycles. The molecule has 0 saturated carbocycles. The van der Waals surface area contributed by atoms with Crippen LogP contribution in [0.4, 0.5) is 0 Å². The Morgan fingerprint density at radius 1 is 1.04 bits per heavy atom. The summed E-state index contributed by atoms with van der Waals surface area (Å²) in [5.41, 5.74) is 3.72. The average Bonchev–Trinajstić information content (AvgIpc) is 3.06. The summed E-state index contributed by atoms with van der Waals surface area (Å²) < 4.78 is 5.38. The molecule has 4 rings (SSSR count). The van der Waals surface area contributed by atoms with E-state index in [0.29, 0.717) is 0 Å². The summed E-state index contributed by atoms with van der Waals surface area (Å²) in [6, 6.07) is 15.7. The van der Waals surface area contributed by atoms with Gasteiger partial charge in [0.2, 0.25) is 0 Å². The Labute approximate surface area is 146 Å². The van der Waals surface area contributed by atoms with Gasteiger partial charge >= 0.3 is 0 Å². The summed E-state index contributed by atoms with van der Waals surface area (Å²) in [6.07, 6.45) is 0. The molecule has 1 saturated heterocycles. The number of piperazine rings is 1. The zero-order valence-corrected chi connectivity index (χ0v) is 14.3. The maximum Gasteiger partial charge on any atom is 0.253 e. The van der Waals surface area contributed by atoms with Crippen LogP contribution in [0.15, 0.2) is 53.1 Å². The van der Waals surface area contributed by atoms with Crippen LogP contribution in [0, 0.1) is 6.92 Å². The van der Waals surface area contributed by atoms with Crippen LogP contribution < -0.4 is 0 Å². The number of fused-ring (bicyclic) bond motifs is 1. The zero-order chi connectivity index (χ0) is 17.2. The van der Waals surface area contributed by atoms with Gasteiger partial charge in [0.25, 0.3) is 5.91 Å². The van der Waals surface area contributed by atoms with Crippen molar-refractivity contribution in [2.75, 3.05) is 26.2 Å². The van der Waals surface area contributed by atoms with Crippen LogP contribution in [0.2, 0.25) is 0 Å². The highest BCUT2D eigenvalue weighted by Gasteiger charge is 2.23. The van der Waals surface area contributed by atoms with Gasteiger partial charge in [-0.2, -0.15) is 0 Å². The van der Waals surface area contributed by atoms with E-state index in [-0.39, 0.29) is 5.91 Å². The minimum absolute atomic E-state index is 0.117. The van der Waals surface area contributed by atoms with Crippen molar-refractivity contribution in [1.29, 1.82) is 0 Å². The number of hydrogen-bond donors (Lipinski definition) is 0. The fourth-order valence-electron chi connectivity index (χ4n) is 3.25. The second-order valence-electron chi connectivity index (χ2n) is 6.56. The highest BCUT2D eigenvalue weighted by atomic mass is 16.5. The summed E-state index contributed by atoms with van der Waals surface area (Å²) in [7, 11) is 0. The van der Waals surface area contributed by atoms with Crippen LogP contribution in [0.25, 0.3) is 11.0 Å². The second kappa shape index (κ2) is 6.69. The lowest BCUT2D eigenvalue weighted by Crippen LogP contribution is -2.48. The molecule has 128 valence electrons. The minimum Gasteiger partial charge on any atom is -0.356 e. The molecule has 0 aliphatic carbocycles. The van der Waals surface area contributed by atoms with Crippen molar-refractivity contribution in [3.63, 3.8) is 0 Å². The van der Waals surface area contributed by atoms with Gasteiger partial charge in [-0.25, -0.2) is 0 Å². The summed E-state index contributed by atoms with van der Waals surface area (Å²) in [5, 5.41) is 5.27. The largest absolute Gasteiger partial charge is 0.356 e. The lowest BCUT2D eigenvalue weighted by molar-refractivity contribution is 0.0626. The molecule has 25 heavy (non-hydrogen) atoms. The predicted molar refractivity (Wildman–Crippen MR) is 96.4 cm³/mol. The van der Waals surface area contributed by atoms with Gasteiger partial charge in [-0.05, 0) is 31.2 Å². The van der Waals surface area contributed by atoms with E-state index in [1.54, 1.807) is 0 Å². The van der Waals surface area contributed by atoms with Gasteiger partial charge in [-0.15, -0.1) is 0 Å². The molecule has 0 atom stereocenters. The first-order valence-corrected chi connectivity index (χ1v) is 8.62. The van der Waals surface area contributed by atoms with Gasteiger partial charge in [0, 0.05) is 43.7 Å². The fourth-order valence-corrected chi connectivity index (χ4v) is 3.25. The lowest BCUT2D eigenvalue weighted by atomic mass is 10.1. The third kappa shape index (κ3) is 3.28. The maximum atomic E-state index is 12.6. The molecule has 1 aliphatic rings. The van der Waals surface area contributed by atoms with Crippen molar-refractivity contribution in [3.05, 3.63) is 65.4 Å². The molecule has 2 aromatic carbocycles. The molecule has 0 N–H and O–H groups in total. The first-order chi connectivity index (χ1) is 12.2. The molecule has 0 spiro atoms. The van der Waals surface area contributed by atoms with Gasteiger partial charge in [0.05, 0.1) is 0 Å². The molecule has 1 amide bonds. The molecule has 5 nitrogen and oxygen atoms in total. The van der Waals surface area contributed by atoms with Crippen molar-refractivity contribution in [2.45, 2.75) is 13.5 Å². The zero-order valence-electron chi connectivity index (χ0n) is 14.3. The summed E-state index contributed by atoms with van der Waals surface area (Å²) >= 11 is 0. The molecule has 1 fully saturated rings. The Morgan fingerprint density at radius 3 is 2.52 bits per heavy atom. The molecular formula is C20H21N3O2. The summed E-state index contributed by atoms with van der Waals surface area (Å²) in [4.78, 5) is 16.8. The lowest BCUT2D eigenvalue weighted by Gasteiger charge is -2.34. The SMILES string of the molecule is Cc1ccc(C(=O)N2CCN(Cc3noc4ccccc34)CC2)cc1. The fraction of sp³-hybridized carbons (Fsp3) is 0.300. The molecule has 2 heterocycles. The molecular weight excluding hydrogens is 314 g/mol. The number of carbonyl (C=O) groups excluding carboxylic acids is 1. The highest BCUT2D eigenvalue weighted by Crippen LogP contribution is 2.20. The first-order valence-electron chi connectivity index (χ1n) is 8.62. The van der Waals surface area contributed by atoms with Gasteiger partial charge in [-0.3, -0.25) is 9.69 Å². The average molecular weight is 335 g/mol. The van der Waals surface area contributed by atoms with Crippen molar-refractivity contribution in [1.82, 2.24) is 15.0 Å². The van der Waals surface area contributed by atoms with Crippen LogP contribution in [-0.4, -0.2) is 47.0 Å². The van der Waals surface area contributed by atoms with E-state index in [0.717, 1.165) is 55.0 Å². The number of amides is 1. The number of benzene rings is 2. The molecule has 0 bridgehead atoms. The predicted octanol–water partition coefficient (Wildman–Crippen LogP) is 3.09. The van der Waals surface area contributed by atoms with Crippen LogP contribution in [0.3, 0.4) is 0 Å². The normalized spacial score (nSPS) is 15.6. The van der Waals surface area contributed by atoms with Crippen molar-refractivity contribution >= 4 is 16.9 Å². The number of hydrogen-bond acceptors (Lipinski definition) is 4. The van der Waals surface area contributed by atoms with Crippen molar-refractivity contribution in [3.8, 4) is 0 Å². The third-order valence-electron chi connectivity index (χ3n) is 4.78. The number of para-hydroxylation sites is 1. The van der Waals surface area contributed by atoms with E-state index in [9.17, 15) is 4.79 Å². The molecule has 5 heteroatoms. The van der Waals surface area contributed by atoms with Crippen LogP contribution in [0.5, 0.6) is 0 Å². The summed E-state index contributed by atoms with van der Waals surface area (Å²) in [5.74, 6) is 0.117. The maximum absolute atomic E-state index is 12.6. The number of aromatic nitrogens is 1. The van der Waals surface area contributed by atoms with Crippen LogP contribution in [0.1, 0.15) is 21.6 Å². The van der Waals surface area contributed by atoms with E-state index >= 15 is 0 Å². The Hall–Kier alpha value is -2.66. The molecule has 0 unspecified atom stereocenters. The van der Waals surface area contributed by atoms with Gasteiger partial charge in [0.15, 0.2) is 5.58 Å². The van der Waals surface area contributed by atoms with E-state index < -0.39 is 0 Å². The number of carbonyl (C=O) groups is 1. The smallest absolute Gasteiger partial charge is 0.253 e. The Bertz CT molecular complexity index is 877. The van der Waals surface area contributed by atoms with Gasteiger partial charge in [-0.1, -0.05) is 35.0 Å². The number of rotatable bonds is 3. The standard InChI is InChI=1S/C20H21N3O2/c1-15-6-8-16(9-7-15)20(24)23-12-10-22(11-13-23)14-18-17-4-2-3-5-19(17)25-21-18/h2-9H,10-14H2,1H3. The van der Waals surface area contributed by atoms with Gasteiger partial charge < -0.3 is 9.42 Å². The van der Waals surface area contributed by atoms with E-state index in [2.05, 4.69) is 10.1 Å². The quantitative estimate of drug-likeness (QED) is 0.738. The second-order valence-corrected chi connectivity index (χ2v) is 6.56. The molecule has 0 radical (unpaired) electrons. The first kappa shape index (κ1) is 15.8.